The number of nitrogens with zero attached hydrogens (tertiary/aromatic N) is 1. The Labute approximate surface area is 128 Å². The monoisotopic (exact) mass is 302 g/mol. The quantitative estimate of drug-likeness (QED) is 0.880. The Balaban J connectivity index is 2.06. The lowest BCUT2D eigenvalue weighted by atomic mass is 10.2. The highest BCUT2D eigenvalue weighted by atomic mass is 35.5. The fourth-order valence-electron chi connectivity index (χ4n) is 1.88. The molecule has 1 N–H and O–H groups in total. The molecule has 0 fully saturated rings. The van der Waals surface area contributed by atoms with Crippen LogP contribution in [0.15, 0.2) is 42.5 Å². The summed E-state index contributed by atoms with van der Waals surface area (Å²) in [5.41, 5.74) is 1.86. The maximum Gasteiger partial charge on any atom is 0.174 e. The Hall–Kier alpha value is -2.38. The molecule has 0 spiro atoms. The minimum atomic E-state index is 0.0407. The number of anilines is 1. The van der Waals surface area contributed by atoms with Gasteiger partial charge in [0.15, 0.2) is 6.61 Å². The first-order chi connectivity index (χ1) is 10.2. The van der Waals surface area contributed by atoms with Crippen molar-refractivity contribution < 1.29 is 9.47 Å². The maximum atomic E-state index is 8.52. The summed E-state index contributed by atoms with van der Waals surface area (Å²) in [4.78, 5) is 0. The van der Waals surface area contributed by atoms with Crippen molar-refractivity contribution in [1.82, 2.24) is 0 Å². The summed E-state index contributed by atoms with van der Waals surface area (Å²) in [5, 5.41) is 12.4. The van der Waals surface area contributed by atoms with Gasteiger partial charge in [0.05, 0.1) is 12.8 Å². The second kappa shape index (κ2) is 7.41. The molecule has 0 radical (unpaired) electrons. The van der Waals surface area contributed by atoms with Crippen LogP contribution in [-0.2, 0) is 6.54 Å². The van der Waals surface area contributed by atoms with Crippen molar-refractivity contribution in [3.05, 3.63) is 53.1 Å². The number of ether oxygens (including phenoxy) is 2. The van der Waals surface area contributed by atoms with Gasteiger partial charge >= 0.3 is 0 Å². The molecular formula is C16H15ClN2O2. The van der Waals surface area contributed by atoms with Crippen molar-refractivity contribution in [3.63, 3.8) is 0 Å². The Morgan fingerprint density at radius 2 is 2.10 bits per heavy atom. The SMILES string of the molecule is COc1ccc(Cl)cc1NCc1cccc(OCC#N)c1. The number of nitriles is 1. The number of rotatable bonds is 6. The fraction of sp³-hybridized carbons (Fsp3) is 0.188. The third-order valence-electron chi connectivity index (χ3n) is 2.85. The van der Waals surface area contributed by atoms with Crippen molar-refractivity contribution in [2.45, 2.75) is 6.54 Å². The van der Waals surface area contributed by atoms with E-state index in [2.05, 4.69) is 5.32 Å². The lowest BCUT2D eigenvalue weighted by Crippen LogP contribution is -2.02. The molecule has 0 aliphatic heterocycles. The molecule has 4 nitrogen and oxygen atoms in total. The Morgan fingerprint density at radius 1 is 1.24 bits per heavy atom. The summed E-state index contributed by atoms with van der Waals surface area (Å²) >= 11 is 5.99. The topological polar surface area (TPSA) is 54.3 Å². The largest absolute Gasteiger partial charge is 0.495 e. The minimum Gasteiger partial charge on any atom is -0.495 e. The van der Waals surface area contributed by atoms with Gasteiger partial charge in [-0.15, -0.1) is 0 Å². The fourth-order valence-corrected chi connectivity index (χ4v) is 2.05. The van der Waals surface area contributed by atoms with Gasteiger partial charge in [0.2, 0.25) is 0 Å². The summed E-state index contributed by atoms with van der Waals surface area (Å²) in [7, 11) is 1.62. The summed E-state index contributed by atoms with van der Waals surface area (Å²) < 4.78 is 10.6. The van der Waals surface area contributed by atoms with Crippen LogP contribution in [0.4, 0.5) is 5.69 Å². The van der Waals surface area contributed by atoms with Crippen LogP contribution >= 0.6 is 11.6 Å². The van der Waals surface area contributed by atoms with Gasteiger partial charge in [-0.05, 0) is 35.9 Å². The lowest BCUT2D eigenvalue weighted by Gasteiger charge is -2.12. The minimum absolute atomic E-state index is 0.0407. The number of benzene rings is 2. The highest BCUT2D eigenvalue weighted by Crippen LogP contribution is 2.28. The molecule has 0 unspecified atom stereocenters. The van der Waals surface area contributed by atoms with E-state index in [1.54, 1.807) is 13.2 Å². The summed E-state index contributed by atoms with van der Waals surface area (Å²) in [6.07, 6.45) is 0. The van der Waals surface area contributed by atoms with E-state index in [0.29, 0.717) is 17.3 Å². The average Bonchev–Trinajstić information content (AvgIpc) is 2.51. The Kier molecular flexibility index (Phi) is 5.30. The van der Waals surface area contributed by atoms with E-state index in [-0.39, 0.29) is 6.61 Å². The highest BCUT2D eigenvalue weighted by Gasteiger charge is 2.04. The molecule has 0 saturated carbocycles. The van der Waals surface area contributed by atoms with E-state index in [1.807, 2.05) is 42.5 Å². The first-order valence-corrected chi connectivity index (χ1v) is 6.77. The predicted molar refractivity (Wildman–Crippen MR) is 82.9 cm³/mol. The molecule has 0 atom stereocenters. The van der Waals surface area contributed by atoms with Crippen LogP contribution in [0.1, 0.15) is 5.56 Å². The standard InChI is InChI=1S/C16H15ClN2O2/c1-20-16-6-5-13(17)10-15(16)19-11-12-3-2-4-14(9-12)21-8-7-18/h2-6,9-10,19H,8,11H2,1H3. The number of nitrogens with one attached hydrogen (secondary N) is 1. The molecule has 108 valence electrons. The molecule has 21 heavy (non-hydrogen) atoms. The van der Waals surface area contributed by atoms with Crippen LogP contribution in [0.25, 0.3) is 0 Å². The number of halogens is 1. The van der Waals surface area contributed by atoms with Crippen LogP contribution < -0.4 is 14.8 Å². The average molecular weight is 303 g/mol. The Morgan fingerprint density at radius 3 is 2.86 bits per heavy atom. The van der Waals surface area contributed by atoms with Gasteiger partial charge in [0.1, 0.15) is 17.6 Å². The van der Waals surface area contributed by atoms with Crippen molar-refractivity contribution in [2.75, 3.05) is 19.0 Å². The molecule has 0 aliphatic carbocycles. The molecule has 0 aromatic heterocycles. The Bertz CT molecular complexity index is 653. The highest BCUT2D eigenvalue weighted by molar-refractivity contribution is 6.30. The van der Waals surface area contributed by atoms with E-state index in [4.69, 9.17) is 26.3 Å². The van der Waals surface area contributed by atoms with Gasteiger partial charge in [-0.25, -0.2) is 0 Å². The molecule has 5 heteroatoms. The molecule has 0 heterocycles. The van der Waals surface area contributed by atoms with Gasteiger partial charge in [-0.2, -0.15) is 5.26 Å². The van der Waals surface area contributed by atoms with E-state index < -0.39 is 0 Å². The molecular weight excluding hydrogens is 288 g/mol. The molecule has 0 amide bonds. The third kappa shape index (κ3) is 4.30. The van der Waals surface area contributed by atoms with Crippen LogP contribution in [0.5, 0.6) is 11.5 Å². The van der Waals surface area contributed by atoms with Gasteiger partial charge in [0.25, 0.3) is 0 Å². The van der Waals surface area contributed by atoms with Gasteiger partial charge in [0, 0.05) is 11.6 Å². The normalized spacial score (nSPS) is 9.76. The summed E-state index contributed by atoms with van der Waals surface area (Å²) in [6.45, 7) is 0.638. The molecule has 2 rings (SSSR count). The molecule has 2 aromatic rings. The first kappa shape index (κ1) is 15.0. The van der Waals surface area contributed by atoms with Crippen molar-refractivity contribution >= 4 is 17.3 Å². The molecule has 0 aliphatic rings. The molecule has 0 bridgehead atoms. The van der Waals surface area contributed by atoms with Crippen LogP contribution in [0, 0.1) is 11.3 Å². The smallest absolute Gasteiger partial charge is 0.174 e. The van der Waals surface area contributed by atoms with Crippen LogP contribution in [0.3, 0.4) is 0 Å². The first-order valence-electron chi connectivity index (χ1n) is 6.39. The van der Waals surface area contributed by atoms with E-state index in [0.717, 1.165) is 17.0 Å². The zero-order valence-corrected chi connectivity index (χ0v) is 12.4. The summed E-state index contributed by atoms with van der Waals surface area (Å²) in [5.74, 6) is 1.41. The van der Waals surface area contributed by atoms with E-state index in [1.165, 1.54) is 0 Å². The predicted octanol–water partition coefficient (Wildman–Crippen LogP) is 3.86. The molecule has 0 saturated heterocycles. The van der Waals surface area contributed by atoms with Gasteiger partial charge < -0.3 is 14.8 Å². The second-order valence-corrected chi connectivity index (χ2v) is 4.73. The molecule has 2 aromatic carbocycles. The zero-order chi connectivity index (χ0) is 15.1. The second-order valence-electron chi connectivity index (χ2n) is 4.29. The number of hydrogen-bond donors (Lipinski definition) is 1. The zero-order valence-electron chi connectivity index (χ0n) is 11.6. The van der Waals surface area contributed by atoms with Crippen LogP contribution in [-0.4, -0.2) is 13.7 Å². The lowest BCUT2D eigenvalue weighted by molar-refractivity contribution is 0.368. The van der Waals surface area contributed by atoms with Crippen LogP contribution in [0.2, 0.25) is 5.02 Å². The van der Waals surface area contributed by atoms with Crippen molar-refractivity contribution in [2.24, 2.45) is 0 Å². The number of methoxy groups -OCH3 is 1. The maximum absolute atomic E-state index is 8.52. The van der Waals surface area contributed by atoms with Crippen molar-refractivity contribution in [1.29, 1.82) is 5.26 Å². The van der Waals surface area contributed by atoms with Gasteiger partial charge in [-0.1, -0.05) is 23.7 Å². The number of hydrogen-bond acceptors (Lipinski definition) is 4. The third-order valence-corrected chi connectivity index (χ3v) is 3.08. The summed E-state index contributed by atoms with van der Waals surface area (Å²) in [6, 6.07) is 14.9. The van der Waals surface area contributed by atoms with E-state index in [9.17, 15) is 0 Å². The van der Waals surface area contributed by atoms with Crippen molar-refractivity contribution in [3.8, 4) is 17.6 Å². The van der Waals surface area contributed by atoms with E-state index >= 15 is 0 Å². The van der Waals surface area contributed by atoms with Gasteiger partial charge in [-0.3, -0.25) is 0 Å².